The third-order valence-electron chi connectivity index (χ3n) is 1.90. The Kier molecular flexibility index (Phi) is 3.56. The van der Waals surface area contributed by atoms with Gasteiger partial charge in [0.2, 0.25) is 0 Å². The van der Waals surface area contributed by atoms with Crippen molar-refractivity contribution in [1.29, 1.82) is 0 Å². The molecule has 0 aliphatic rings. The van der Waals surface area contributed by atoms with Gasteiger partial charge in [-0.3, -0.25) is 8.42 Å². The molecule has 0 amide bonds. The zero-order valence-corrected chi connectivity index (χ0v) is 9.69. The molecule has 0 spiro atoms. The largest absolute Gasteiger partial charge is 0.329 e. The summed E-state index contributed by atoms with van der Waals surface area (Å²) in [5.74, 6) is 0. The first-order valence-corrected chi connectivity index (χ1v) is 6.17. The fourth-order valence-electron chi connectivity index (χ4n) is 1.04. The van der Waals surface area contributed by atoms with E-state index < -0.39 is 9.84 Å². The first-order valence-electron chi connectivity index (χ1n) is 4.31. The zero-order chi connectivity index (χ0) is 10.8. The highest BCUT2D eigenvalue weighted by Gasteiger charge is 2.11. The Bertz CT molecular complexity index is 395. The molecule has 0 atom stereocenters. The monoisotopic (exact) mass is 231 g/mol. The number of sulfone groups is 1. The van der Waals surface area contributed by atoms with E-state index in [1.165, 1.54) is 0 Å². The lowest BCUT2D eigenvalue weighted by Crippen LogP contribution is -2.07. The van der Waals surface area contributed by atoms with Gasteiger partial charge in [0, 0.05) is 4.90 Å². The molecular weight excluding hydrogens is 220 g/mol. The Morgan fingerprint density at radius 3 is 2.21 bits per heavy atom. The summed E-state index contributed by atoms with van der Waals surface area (Å²) in [4.78, 5) is 0.259. The van der Waals surface area contributed by atoms with Crippen LogP contribution in [0.4, 0.5) is 0 Å². The number of benzene rings is 1. The molecule has 0 radical (unpaired) electrons. The molecule has 0 aliphatic carbocycles. The molecule has 78 valence electrons. The predicted octanol–water partition coefficient (Wildman–Crippen LogP) is 2.91. The van der Waals surface area contributed by atoms with Crippen molar-refractivity contribution in [2.45, 2.75) is 25.2 Å². The normalized spacial score (nSPS) is 12.0. The molecule has 0 aromatic heterocycles. The van der Waals surface area contributed by atoms with E-state index in [-0.39, 0.29) is 9.60 Å². The second kappa shape index (κ2) is 4.32. The second-order valence-corrected chi connectivity index (χ2v) is 5.68. The second-order valence-electron chi connectivity index (χ2n) is 3.03. The van der Waals surface area contributed by atoms with Gasteiger partial charge in [0.1, 0.15) is 0 Å². The number of aryl methyl sites for hydroxylation is 1. The highest BCUT2D eigenvalue weighted by Crippen LogP contribution is 2.27. The van der Waals surface area contributed by atoms with Gasteiger partial charge in [-0.05, 0) is 19.1 Å². The van der Waals surface area contributed by atoms with Crippen molar-refractivity contribution in [1.82, 2.24) is 0 Å². The van der Waals surface area contributed by atoms with E-state index in [0.29, 0.717) is 6.42 Å². The molecule has 0 bridgehead atoms. The van der Waals surface area contributed by atoms with Crippen LogP contribution < -0.4 is 0 Å². The summed E-state index contributed by atoms with van der Waals surface area (Å²) in [6, 6.07) is 6.66. The molecular formula is C10H12ClO2S-. The lowest BCUT2D eigenvalue weighted by Gasteiger charge is -2.20. The molecule has 0 aliphatic heterocycles. The molecule has 0 heterocycles. The standard InChI is InChI=1S/C10H12ClO2S/c1-3-10(11)14(12,13)9-6-4-8(2)5-7-9/h4-7H,3H2,1-2H3/q-1. The summed E-state index contributed by atoms with van der Waals surface area (Å²) >= 11 is 5.66. The van der Waals surface area contributed by atoms with E-state index >= 15 is 0 Å². The Morgan fingerprint density at radius 1 is 1.29 bits per heavy atom. The van der Waals surface area contributed by atoms with Gasteiger partial charge >= 0.3 is 0 Å². The first kappa shape index (κ1) is 11.5. The Balaban J connectivity index is 3.11. The number of rotatable bonds is 3. The van der Waals surface area contributed by atoms with Gasteiger partial charge in [-0.25, -0.2) is 0 Å². The lowest BCUT2D eigenvalue weighted by atomic mass is 10.2. The molecule has 2 nitrogen and oxygen atoms in total. The van der Waals surface area contributed by atoms with Crippen LogP contribution in [-0.4, -0.2) is 8.42 Å². The van der Waals surface area contributed by atoms with Crippen LogP contribution in [-0.2, 0) is 9.84 Å². The Labute approximate surface area is 89.8 Å². The van der Waals surface area contributed by atoms with Crippen molar-refractivity contribution in [2.24, 2.45) is 0 Å². The van der Waals surface area contributed by atoms with Gasteiger partial charge in [0.05, 0.1) is 9.84 Å². The van der Waals surface area contributed by atoms with Crippen LogP contribution in [0.25, 0.3) is 0 Å². The van der Waals surface area contributed by atoms with E-state index in [9.17, 15) is 8.42 Å². The summed E-state index contributed by atoms with van der Waals surface area (Å²) in [6.07, 6.45) is 0.331. The number of hydrogen-bond donors (Lipinski definition) is 0. The maximum absolute atomic E-state index is 11.7. The Hall–Kier alpha value is -0.540. The molecule has 0 unspecified atom stereocenters. The maximum atomic E-state index is 11.7. The summed E-state index contributed by atoms with van der Waals surface area (Å²) in [7, 11) is -3.42. The van der Waals surface area contributed by atoms with Gasteiger partial charge in [-0.1, -0.05) is 24.6 Å². The van der Waals surface area contributed by atoms with Crippen molar-refractivity contribution in [3.63, 3.8) is 0 Å². The van der Waals surface area contributed by atoms with Gasteiger partial charge in [-0.15, -0.1) is 4.71 Å². The van der Waals surface area contributed by atoms with Crippen LogP contribution >= 0.6 is 11.6 Å². The van der Waals surface area contributed by atoms with Crippen LogP contribution in [0.15, 0.2) is 29.2 Å². The highest BCUT2D eigenvalue weighted by molar-refractivity contribution is 7.95. The van der Waals surface area contributed by atoms with Crippen molar-refractivity contribution in [3.8, 4) is 0 Å². The zero-order valence-electron chi connectivity index (χ0n) is 8.12. The number of halogens is 1. The van der Waals surface area contributed by atoms with Gasteiger partial charge < -0.3 is 11.6 Å². The summed E-state index contributed by atoms with van der Waals surface area (Å²) in [5, 5.41) is 0. The smallest absolute Gasteiger partial charge is 0.0677 e. The van der Waals surface area contributed by atoms with Gasteiger partial charge in [-0.2, -0.15) is 6.42 Å². The molecule has 14 heavy (non-hydrogen) atoms. The molecule has 0 fully saturated rings. The average Bonchev–Trinajstić information content (AvgIpc) is 2.17. The molecule has 1 aromatic carbocycles. The van der Waals surface area contributed by atoms with E-state index in [4.69, 9.17) is 11.6 Å². The molecule has 0 saturated carbocycles. The van der Waals surface area contributed by atoms with Crippen molar-refractivity contribution in [3.05, 3.63) is 34.5 Å². The molecule has 4 heteroatoms. The van der Waals surface area contributed by atoms with Crippen LogP contribution in [0.2, 0.25) is 0 Å². The SMILES string of the molecule is CC[C-](Cl)S(=O)(=O)c1ccc(C)cc1. The van der Waals surface area contributed by atoms with Gasteiger partial charge in [0.25, 0.3) is 0 Å². The first-order chi connectivity index (χ1) is 6.48. The average molecular weight is 232 g/mol. The highest BCUT2D eigenvalue weighted by atomic mass is 35.5. The number of hydrogen-bond acceptors (Lipinski definition) is 2. The minimum absolute atomic E-state index is 0.0126. The minimum atomic E-state index is -3.42. The van der Waals surface area contributed by atoms with Crippen LogP contribution in [0, 0.1) is 11.6 Å². The van der Waals surface area contributed by atoms with Crippen LogP contribution in [0.3, 0.4) is 0 Å². The molecule has 1 rings (SSSR count). The van der Waals surface area contributed by atoms with Crippen LogP contribution in [0.1, 0.15) is 18.9 Å². The molecule has 1 aromatic rings. The topological polar surface area (TPSA) is 34.1 Å². The molecule has 0 saturated heterocycles. The van der Waals surface area contributed by atoms with E-state index in [0.717, 1.165) is 5.56 Å². The third-order valence-corrected chi connectivity index (χ3v) is 4.54. The minimum Gasteiger partial charge on any atom is -0.329 e. The molecule has 0 N–H and O–H groups in total. The predicted molar refractivity (Wildman–Crippen MR) is 57.8 cm³/mol. The van der Waals surface area contributed by atoms with Gasteiger partial charge in [0.15, 0.2) is 0 Å². The lowest BCUT2D eigenvalue weighted by molar-refractivity contribution is 0.598. The van der Waals surface area contributed by atoms with E-state index in [1.807, 2.05) is 6.92 Å². The third kappa shape index (κ3) is 2.28. The fourth-order valence-corrected chi connectivity index (χ4v) is 2.43. The van der Waals surface area contributed by atoms with Crippen LogP contribution in [0.5, 0.6) is 0 Å². The fraction of sp³-hybridized carbons (Fsp3) is 0.300. The quantitative estimate of drug-likeness (QED) is 0.750. The van der Waals surface area contributed by atoms with E-state index in [1.54, 1.807) is 31.2 Å². The van der Waals surface area contributed by atoms with Crippen molar-refractivity contribution < 1.29 is 8.42 Å². The van der Waals surface area contributed by atoms with Crippen molar-refractivity contribution in [2.75, 3.05) is 0 Å². The maximum Gasteiger partial charge on any atom is 0.0677 e. The summed E-state index contributed by atoms with van der Waals surface area (Å²) in [5.41, 5.74) is 1.02. The van der Waals surface area contributed by atoms with E-state index in [2.05, 4.69) is 0 Å². The summed E-state index contributed by atoms with van der Waals surface area (Å²) in [6.45, 7) is 3.62. The summed E-state index contributed by atoms with van der Waals surface area (Å²) < 4.78 is 23.4. The Morgan fingerprint density at radius 2 is 1.79 bits per heavy atom. The van der Waals surface area contributed by atoms with Crippen molar-refractivity contribution >= 4 is 21.4 Å².